The molecule has 1 aromatic heterocycles. The summed E-state index contributed by atoms with van der Waals surface area (Å²) in [6.45, 7) is 7.44. The molecule has 1 rings (SSSR count). The number of nitrogen functional groups attached to an aromatic ring is 1. The Balaban J connectivity index is 2.87. The average molecular weight is 256 g/mol. The summed E-state index contributed by atoms with van der Waals surface area (Å²) in [7, 11) is 1.62. The van der Waals surface area contributed by atoms with Crippen LogP contribution in [0.5, 0.6) is 0 Å². The Kier molecular flexibility index (Phi) is 5.54. The van der Waals surface area contributed by atoms with Crippen molar-refractivity contribution in [2.75, 3.05) is 20.2 Å². The maximum atomic E-state index is 7.52. The van der Waals surface area contributed by atoms with Crippen LogP contribution in [0.15, 0.2) is 0 Å². The predicted octanol–water partition coefficient (Wildman–Crippen LogP) is 1.42. The number of ether oxygens (including phenoxy) is 1. The molecule has 0 radical (unpaired) electrons. The second kappa shape index (κ2) is 6.68. The molecule has 1 heterocycles. The van der Waals surface area contributed by atoms with E-state index in [0.717, 1.165) is 35.2 Å². The average Bonchev–Trinajstić information content (AvgIpc) is 2.69. The third-order valence-electron chi connectivity index (χ3n) is 2.52. The minimum atomic E-state index is 0.0698. The number of hydrogen-bond donors (Lipinski definition) is 2. The van der Waals surface area contributed by atoms with Gasteiger partial charge in [0, 0.05) is 7.11 Å². The molecule has 0 bridgehead atoms. The fourth-order valence-electron chi connectivity index (χ4n) is 1.55. The first-order valence-corrected chi connectivity index (χ1v) is 6.48. The lowest BCUT2D eigenvalue weighted by molar-refractivity contribution is 0.181. The van der Waals surface area contributed by atoms with Gasteiger partial charge in [0.05, 0.1) is 23.7 Å². The third-order valence-corrected chi connectivity index (χ3v) is 3.64. The lowest BCUT2D eigenvalue weighted by Crippen LogP contribution is -2.21. The molecule has 0 fully saturated rings. The highest BCUT2D eigenvalue weighted by atomic mass is 32.1. The normalized spacial score (nSPS) is 11.1. The van der Waals surface area contributed by atoms with Crippen LogP contribution in [0.25, 0.3) is 0 Å². The first-order chi connectivity index (χ1) is 8.12. The molecule has 17 heavy (non-hydrogen) atoms. The van der Waals surface area contributed by atoms with Gasteiger partial charge in [0.1, 0.15) is 10.8 Å². The number of methoxy groups -OCH3 is 1. The van der Waals surface area contributed by atoms with E-state index in [1.165, 1.54) is 11.3 Å². The largest absolute Gasteiger partial charge is 0.383 e. The topological polar surface area (TPSA) is 75.2 Å². The van der Waals surface area contributed by atoms with Gasteiger partial charge in [0.2, 0.25) is 0 Å². The van der Waals surface area contributed by atoms with Gasteiger partial charge in [-0.15, -0.1) is 11.3 Å². The number of amidine groups is 1. The summed E-state index contributed by atoms with van der Waals surface area (Å²) in [5.41, 5.74) is 6.31. The predicted molar refractivity (Wildman–Crippen MR) is 70.5 cm³/mol. The van der Waals surface area contributed by atoms with E-state index < -0.39 is 0 Å². The van der Waals surface area contributed by atoms with Gasteiger partial charge < -0.3 is 10.5 Å². The Labute approximate surface area is 106 Å². The number of aromatic nitrogens is 1. The first-order valence-electron chi connectivity index (χ1n) is 5.66. The van der Waals surface area contributed by atoms with Crippen molar-refractivity contribution in [1.82, 2.24) is 9.88 Å². The van der Waals surface area contributed by atoms with Crippen molar-refractivity contribution >= 4 is 17.2 Å². The number of thiazole rings is 1. The van der Waals surface area contributed by atoms with Crippen LogP contribution in [0.4, 0.5) is 0 Å². The van der Waals surface area contributed by atoms with Crippen LogP contribution in [0.1, 0.15) is 29.4 Å². The SMILES string of the molecule is CCN(CC)Cc1nc(COC)c(C(=N)N)s1. The molecule has 5 nitrogen and oxygen atoms in total. The van der Waals surface area contributed by atoms with Gasteiger partial charge in [-0.05, 0) is 13.1 Å². The van der Waals surface area contributed by atoms with Gasteiger partial charge in [-0.1, -0.05) is 13.8 Å². The number of hydrogen-bond acceptors (Lipinski definition) is 5. The van der Waals surface area contributed by atoms with E-state index in [4.69, 9.17) is 15.9 Å². The lowest BCUT2D eigenvalue weighted by Gasteiger charge is -2.15. The highest BCUT2D eigenvalue weighted by Gasteiger charge is 2.14. The molecule has 0 unspecified atom stereocenters. The molecule has 96 valence electrons. The molecule has 0 saturated carbocycles. The maximum absolute atomic E-state index is 7.52. The summed E-state index contributed by atoms with van der Waals surface area (Å²) in [5, 5.41) is 8.51. The van der Waals surface area contributed by atoms with Crippen LogP contribution < -0.4 is 5.73 Å². The molecule has 0 aliphatic carbocycles. The number of nitrogens with one attached hydrogen (secondary N) is 1. The van der Waals surface area contributed by atoms with E-state index in [2.05, 4.69) is 23.7 Å². The quantitative estimate of drug-likeness (QED) is 0.571. The van der Waals surface area contributed by atoms with Crippen LogP contribution in [0.2, 0.25) is 0 Å². The molecule has 1 aromatic rings. The molecular weight excluding hydrogens is 236 g/mol. The second-order valence-electron chi connectivity index (χ2n) is 3.69. The van der Waals surface area contributed by atoms with Gasteiger partial charge in [-0.25, -0.2) is 4.98 Å². The Morgan fingerprint density at radius 1 is 1.47 bits per heavy atom. The molecule has 0 aliphatic rings. The summed E-state index contributed by atoms with van der Waals surface area (Å²) >= 11 is 1.48. The lowest BCUT2D eigenvalue weighted by atomic mass is 10.3. The van der Waals surface area contributed by atoms with Gasteiger partial charge in [-0.3, -0.25) is 10.3 Å². The summed E-state index contributed by atoms with van der Waals surface area (Å²) in [5.74, 6) is 0.0698. The molecule has 0 atom stereocenters. The van der Waals surface area contributed by atoms with E-state index in [1.807, 2.05) is 0 Å². The van der Waals surface area contributed by atoms with Crippen LogP contribution in [-0.2, 0) is 17.9 Å². The fourth-order valence-corrected chi connectivity index (χ4v) is 2.52. The van der Waals surface area contributed by atoms with Crippen molar-refractivity contribution in [1.29, 1.82) is 5.41 Å². The Morgan fingerprint density at radius 2 is 2.12 bits per heavy atom. The zero-order valence-electron chi connectivity index (χ0n) is 10.6. The van der Waals surface area contributed by atoms with E-state index in [0.29, 0.717) is 6.61 Å². The molecule has 0 saturated heterocycles. The highest BCUT2D eigenvalue weighted by Crippen LogP contribution is 2.20. The van der Waals surface area contributed by atoms with Crippen molar-refractivity contribution < 1.29 is 4.74 Å². The maximum Gasteiger partial charge on any atom is 0.135 e. The molecule has 3 N–H and O–H groups in total. The van der Waals surface area contributed by atoms with Gasteiger partial charge in [-0.2, -0.15) is 0 Å². The van der Waals surface area contributed by atoms with Gasteiger partial charge >= 0.3 is 0 Å². The van der Waals surface area contributed by atoms with Crippen molar-refractivity contribution in [2.24, 2.45) is 5.73 Å². The zero-order valence-corrected chi connectivity index (χ0v) is 11.4. The fraction of sp³-hybridized carbons (Fsp3) is 0.636. The smallest absolute Gasteiger partial charge is 0.135 e. The van der Waals surface area contributed by atoms with Crippen LogP contribution in [0, 0.1) is 5.41 Å². The van der Waals surface area contributed by atoms with Crippen molar-refractivity contribution in [3.8, 4) is 0 Å². The van der Waals surface area contributed by atoms with E-state index in [9.17, 15) is 0 Å². The van der Waals surface area contributed by atoms with Gasteiger partial charge in [0.15, 0.2) is 0 Å². The Hall–Kier alpha value is -0.980. The molecule has 0 aliphatic heterocycles. The summed E-state index contributed by atoms with van der Waals surface area (Å²) in [6.07, 6.45) is 0. The molecule has 6 heteroatoms. The van der Waals surface area contributed by atoms with Crippen molar-refractivity contribution in [3.63, 3.8) is 0 Å². The standard InChI is InChI=1S/C11H20N4OS/c1-4-15(5-2)6-9-14-8(7-16-3)10(17-9)11(12)13/h4-7H2,1-3H3,(H3,12,13). The Bertz CT molecular complexity index is 374. The summed E-state index contributed by atoms with van der Waals surface area (Å²) < 4.78 is 5.07. The monoisotopic (exact) mass is 256 g/mol. The van der Waals surface area contributed by atoms with Crippen LogP contribution in [-0.4, -0.2) is 35.9 Å². The number of nitrogens with zero attached hydrogens (tertiary/aromatic N) is 2. The molecular formula is C11H20N4OS. The van der Waals surface area contributed by atoms with Crippen molar-refractivity contribution in [3.05, 3.63) is 15.6 Å². The number of rotatable bonds is 7. The van der Waals surface area contributed by atoms with E-state index >= 15 is 0 Å². The van der Waals surface area contributed by atoms with Crippen LogP contribution >= 0.6 is 11.3 Å². The first kappa shape index (κ1) is 14.1. The molecule has 0 spiro atoms. The van der Waals surface area contributed by atoms with Crippen molar-refractivity contribution in [2.45, 2.75) is 27.0 Å². The van der Waals surface area contributed by atoms with E-state index in [1.54, 1.807) is 7.11 Å². The van der Waals surface area contributed by atoms with Gasteiger partial charge in [0.25, 0.3) is 0 Å². The second-order valence-corrected chi connectivity index (χ2v) is 4.78. The third kappa shape index (κ3) is 3.76. The van der Waals surface area contributed by atoms with E-state index in [-0.39, 0.29) is 5.84 Å². The molecule has 0 amide bonds. The Morgan fingerprint density at radius 3 is 2.59 bits per heavy atom. The van der Waals surface area contributed by atoms with Crippen LogP contribution in [0.3, 0.4) is 0 Å². The molecule has 0 aromatic carbocycles. The minimum absolute atomic E-state index is 0.0698. The number of nitrogens with two attached hydrogens (primary N) is 1. The highest BCUT2D eigenvalue weighted by molar-refractivity contribution is 7.13. The summed E-state index contributed by atoms with van der Waals surface area (Å²) in [6, 6.07) is 0. The minimum Gasteiger partial charge on any atom is -0.383 e. The summed E-state index contributed by atoms with van der Waals surface area (Å²) in [4.78, 5) is 7.50. The zero-order chi connectivity index (χ0) is 12.8.